The highest BCUT2D eigenvalue weighted by molar-refractivity contribution is 6.35. The molecule has 1 saturated heterocycles. The first kappa shape index (κ1) is 18.9. The van der Waals surface area contributed by atoms with Crippen LogP contribution in [0.25, 0.3) is 0 Å². The van der Waals surface area contributed by atoms with Crippen LogP contribution in [0, 0.1) is 13.8 Å². The fraction of sp³-hybridized carbons (Fsp3) is 0.421. The molecule has 0 radical (unpaired) electrons. The molecule has 0 N–H and O–H groups in total. The van der Waals surface area contributed by atoms with Gasteiger partial charge < -0.3 is 9.80 Å². The van der Waals surface area contributed by atoms with E-state index in [9.17, 15) is 4.79 Å². The molecule has 0 spiro atoms. The number of hydrogen-bond acceptors (Lipinski definition) is 4. The minimum atomic E-state index is 0.118. The quantitative estimate of drug-likeness (QED) is 0.799. The van der Waals surface area contributed by atoms with Crippen molar-refractivity contribution in [2.24, 2.45) is 0 Å². The largest absolute Gasteiger partial charge is 0.353 e. The van der Waals surface area contributed by atoms with E-state index >= 15 is 0 Å². The summed E-state index contributed by atoms with van der Waals surface area (Å²) < 4.78 is 0. The first-order chi connectivity index (χ1) is 12.3. The monoisotopic (exact) mass is 392 g/mol. The summed E-state index contributed by atoms with van der Waals surface area (Å²) in [6, 6.07) is 5.55. The molecule has 3 rings (SSSR count). The zero-order chi connectivity index (χ0) is 18.8. The minimum absolute atomic E-state index is 0.118. The van der Waals surface area contributed by atoms with Crippen LogP contribution in [-0.4, -0.2) is 47.0 Å². The molecule has 1 aromatic carbocycles. The number of aryl methyl sites for hydroxylation is 2. The Morgan fingerprint density at radius 2 is 1.81 bits per heavy atom. The fourth-order valence-corrected chi connectivity index (χ4v) is 3.75. The summed E-state index contributed by atoms with van der Waals surface area (Å²) in [5.41, 5.74) is 3.01. The van der Waals surface area contributed by atoms with Crippen LogP contribution in [0.15, 0.2) is 18.2 Å². The highest BCUT2D eigenvalue weighted by Crippen LogP contribution is 2.29. The van der Waals surface area contributed by atoms with E-state index < -0.39 is 0 Å². The topological polar surface area (TPSA) is 49.3 Å². The number of piperazine rings is 1. The average Bonchev–Trinajstić information content (AvgIpc) is 2.59. The number of halogens is 2. The summed E-state index contributed by atoms with van der Waals surface area (Å²) in [5.74, 6) is 1.80. The second-order valence-corrected chi connectivity index (χ2v) is 7.41. The van der Waals surface area contributed by atoms with Crippen molar-refractivity contribution < 1.29 is 4.79 Å². The Labute approximate surface area is 163 Å². The van der Waals surface area contributed by atoms with Gasteiger partial charge in [-0.3, -0.25) is 4.79 Å². The van der Waals surface area contributed by atoms with E-state index in [0.717, 1.165) is 41.6 Å². The van der Waals surface area contributed by atoms with Crippen LogP contribution in [-0.2, 0) is 11.2 Å². The molecule has 1 aliphatic rings. The number of rotatable bonds is 3. The highest BCUT2D eigenvalue weighted by Gasteiger charge is 2.23. The summed E-state index contributed by atoms with van der Waals surface area (Å²) in [7, 11) is 0. The molecular weight excluding hydrogens is 371 g/mol. The summed E-state index contributed by atoms with van der Waals surface area (Å²) in [4.78, 5) is 24.9. The highest BCUT2D eigenvalue weighted by atomic mass is 35.5. The molecular formula is C19H22Cl2N4O. The summed E-state index contributed by atoms with van der Waals surface area (Å²) in [6.07, 6.45) is 0.643. The first-order valence-electron chi connectivity index (χ1n) is 8.63. The van der Waals surface area contributed by atoms with E-state index in [1.165, 1.54) is 0 Å². The van der Waals surface area contributed by atoms with Gasteiger partial charge in [0.25, 0.3) is 0 Å². The van der Waals surface area contributed by atoms with Gasteiger partial charge in [-0.05, 0) is 31.5 Å². The van der Waals surface area contributed by atoms with Gasteiger partial charge in [-0.15, -0.1) is 0 Å². The lowest BCUT2D eigenvalue weighted by Gasteiger charge is -2.36. The summed E-state index contributed by atoms with van der Waals surface area (Å²) >= 11 is 12.4. The Morgan fingerprint density at radius 3 is 2.42 bits per heavy atom. The number of amides is 1. The SMILES string of the molecule is CC(=O)N1CCN(c2nc(C)nc(C)c2Cc2ccc(Cl)cc2Cl)CC1. The van der Waals surface area contributed by atoms with Gasteiger partial charge >= 0.3 is 0 Å². The maximum absolute atomic E-state index is 11.6. The van der Waals surface area contributed by atoms with Crippen molar-refractivity contribution in [2.45, 2.75) is 27.2 Å². The molecule has 1 aromatic heterocycles. The molecule has 2 aromatic rings. The van der Waals surface area contributed by atoms with Crippen LogP contribution in [0.3, 0.4) is 0 Å². The third kappa shape index (κ3) is 4.10. The molecule has 0 saturated carbocycles. The number of carbonyl (C=O) groups excluding carboxylic acids is 1. The predicted octanol–water partition coefficient (Wildman–Crippen LogP) is 3.66. The lowest BCUT2D eigenvalue weighted by molar-refractivity contribution is -0.129. The van der Waals surface area contributed by atoms with Crippen molar-refractivity contribution >= 4 is 34.9 Å². The number of benzene rings is 1. The molecule has 1 fully saturated rings. The zero-order valence-corrected chi connectivity index (χ0v) is 16.7. The first-order valence-corrected chi connectivity index (χ1v) is 9.39. The van der Waals surface area contributed by atoms with Gasteiger partial charge in [0.15, 0.2) is 0 Å². The van der Waals surface area contributed by atoms with Gasteiger partial charge in [-0.1, -0.05) is 29.3 Å². The molecule has 5 nitrogen and oxygen atoms in total. The molecule has 1 aliphatic heterocycles. The fourth-order valence-electron chi connectivity index (χ4n) is 3.27. The van der Waals surface area contributed by atoms with Crippen LogP contribution in [0.4, 0.5) is 5.82 Å². The summed E-state index contributed by atoms with van der Waals surface area (Å²) in [6.45, 7) is 8.46. The van der Waals surface area contributed by atoms with Gasteiger partial charge in [0.2, 0.25) is 5.91 Å². The number of aromatic nitrogens is 2. The van der Waals surface area contributed by atoms with Crippen molar-refractivity contribution in [3.8, 4) is 0 Å². The third-order valence-electron chi connectivity index (χ3n) is 4.71. The molecule has 0 unspecified atom stereocenters. The number of hydrogen-bond donors (Lipinski definition) is 0. The van der Waals surface area contributed by atoms with E-state index in [1.807, 2.05) is 30.9 Å². The second kappa shape index (κ2) is 7.80. The number of anilines is 1. The van der Waals surface area contributed by atoms with Crippen LogP contribution in [0.1, 0.15) is 29.6 Å². The predicted molar refractivity (Wildman–Crippen MR) is 105 cm³/mol. The standard InChI is InChI=1S/C19H22Cl2N4O/c1-12-17(10-15-4-5-16(20)11-18(15)21)19(23-13(2)22-12)25-8-6-24(7-9-25)14(3)26/h4-5,11H,6-10H2,1-3H3. The van der Waals surface area contributed by atoms with Gasteiger partial charge in [-0.25, -0.2) is 9.97 Å². The normalized spacial score (nSPS) is 14.7. The Morgan fingerprint density at radius 1 is 1.12 bits per heavy atom. The molecule has 0 bridgehead atoms. The molecule has 1 amide bonds. The minimum Gasteiger partial charge on any atom is -0.353 e. The van der Waals surface area contributed by atoms with Crippen LogP contribution in [0.2, 0.25) is 10.0 Å². The Bertz CT molecular complexity index is 833. The molecule has 0 aliphatic carbocycles. The average molecular weight is 393 g/mol. The van der Waals surface area contributed by atoms with Gasteiger partial charge in [-0.2, -0.15) is 0 Å². The number of carbonyl (C=O) groups is 1. The lowest BCUT2D eigenvalue weighted by atomic mass is 10.0. The third-order valence-corrected chi connectivity index (χ3v) is 5.30. The van der Waals surface area contributed by atoms with Crippen LogP contribution < -0.4 is 4.90 Å². The molecule has 0 atom stereocenters. The lowest BCUT2D eigenvalue weighted by Crippen LogP contribution is -2.48. The molecule has 26 heavy (non-hydrogen) atoms. The van der Waals surface area contributed by atoms with Crippen molar-refractivity contribution in [3.05, 3.63) is 50.9 Å². The summed E-state index contributed by atoms with van der Waals surface area (Å²) in [5, 5.41) is 1.26. The maximum Gasteiger partial charge on any atom is 0.219 e. The molecule has 2 heterocycles. The van der Waals surface area contributed by atoms with E-state index in [0.29, 0.717) is 29.6 Å². The van der Waals surface area contributed by atoms with Crippen molar-refractivity contribution in [1.29, 1.82) is 0 Å². The van der Waals surface area contributed by atoms with E-state index in [4.69, 9.17) is 28.2 Å². The van der Waals surface area contributed by atoms with Gasteiger partial charge in [0, 0.05) is 60.8 Å². The van der Waals surface area contributed by atoms with E-state index in [2.05, 4.69) is 9.88 Å². The smallest absolute Gasteiger partial charge is 0.219 e. The number of nitrogens with zero attached hydrogens (tertiary/aromatic N) is 4. The van der Waals surface area contributed by atoms with Crippen molar-refractivity contribution in [3.63, 3.8) is 0 Å². The van der Waals surface area contributed by atoms with Crippen LogP contribution in [0.5, 0.6) is 0 Å². The van der Waals surface area contributed by atoms with Crippen molar-refractivity contribution in [2.75, 3.05) is 31.1 Å². The Balaban J connectivity index is 1.92. The van der Waals surface area contributed by atoms with Crippen LogP contribution >= 0.6 is 23.2 Å². The molecule has 138 valence electrons. The second-order valence-electron chi connectivity index (χ2n) is 6.56. The zero-order valence-electron chi connectivity index (χ0n) is 15.2. The van der Waals surface area contributed by atoms with Gasteiger partial charge in [0.1, 0.15) is 11.6 Å². The van der Waals surface area contributed by atoms with Crippen molar-refractivity contribution in [1.82, 2.24) is 14.9 Å². The van der Waals surface area contributed by atoms with E-state index in [-0.39, 0.29) is 5.91 Å². The van der Waals surface area contributed by atoms with E-state index in [1.54, 1.807) is 13.0 Å². The Kier molecular flexibility index (Phi) is 5.68. The maximum atomic E-state index is 11.6. The Hall–Kier alpha value is -1.85. The molecule has 7 heteroatoms. The van der Waals surface area contributed by atoms with Gasteiger partial charge in [0.05, 0.1) is 0 Å².